The second kappa shape index (κ2) is 32.3. The Morgan fingerprint density at radius 3 is 1.18 bits per heavy atom. The molecular formula is C66H52BCl4IN6O2P2PdS2. The molecule has 8 aromatic carbocycles. The second-order valence-electron chi connectivity index (χ2n) is 18.4. The van der Waals surface area contributed by atoms with Gasteiger partial charge in [-0.2, -0.15) is 10.2 Å². The number of fused-ring (bicyclic) bond motifs is 4. The average molecular weight is 1470 g/mol. The van der Waals surface area contributed by atoms with E-state index < -0.39 is 23.0 Å². The fourth-order valence-corrected chi connectivity index (χ4v) is 16.4. The molecule has 0 saturated carbocycles. The first-order valence-electron chi connectivity index (χ1n) is 26.2. The minimum Gasteiger partial charge on any atom is -0.0622 e. The van der Waals surface area contributed by atoms with Gasteiger partial charge in [0.15, 0.2) is 11.3 Å². The third-order valence-corrected chi connectivity index (χ3v) is 21.4. The van der Waals surface area contributed by atoms with Crippen molar-refractivity contribution in [3.63, 3.8) is 0 Å². The Bertz CT molecular complexity index is 4030. The largest absolute Gasteiger partial charge is 0.0622 e. The topological polar surface area (TPSA) is 101 Å². The van der Waals surface area contributed by atoms with Gasteiger partial charge in [-0.15, -0.1) is 22.7 Å². The van der Waals surface area contributed by atoms with E-state index in [-0.39, 0.29) is 15.9 Å². The van der Waals surface area contributed by atoms with Gasteiger partial charge in [0.1, 0.15) is 19.7 Å². The van der Waals surface area contributed by atoms with Crippen LogP contribution in [0.15, 0.2) is 267 Å². The van der Waals surface area contributed by atoms with E-state index in [0.29, 0.717) is 15.1 Å². The maximum absolute atomic E-state index is 8.98. The maximum Gasteiger partial charge on any atom is -0.0134 e. The number of thiophene rings is 2. The number of aromatic nitrogens is 6. The summed E-state index contributed by atoms with van der Waals surface area (Å²) >= 11 is 16.9. The molecule has 0 aliphatic carbocycles. The molecule has 0 saturated heterocycles. The average Bonchev–Trinajstić information content (AvgIpc) is 4.48. The van der Waals surface area contributed by atoms with Gasteiger partial charge >= 0.3 is 42.1 Å². The van der Waals surface area contributed by atoms with E-state index in [2.05, 4.69) is 256 Å². The Kier molecular flexibility index (Phi) is 24.3. The Labute approximate surface area is 545 Å². The van der Waals surface area contributed by atoms with Gasteiger partial charge in [-0.25, -0.2) is 19.0 Å². The minimum absolute atomic E-state index is 0.106. The predicted octanol–water partition coefficient (Wildman–Crippen LogP) is 15.7. The van der Waals surface area contributed by atoms with Gasteiger partial charge in [0.05, 0.1) is 17.3 Å². The molecule has 14 rings (SSSR count). The van der Waals surface area contributed by atoms with E-state index in [9.17, 15) is 0 Å². The summed E-state index contributed by atoms with van der Waals surface area (Å²) in [6, 6.07) is 88.1. The molecule has 0 aliphatic heterocycles. The Balaban J connectivity index is 0.000000128. The molecule has 0 unspecified atom stereocenters. The van der Waals surface area contributed by atoms with E-state index in [1.165, 1.54) is 64.4 Å². The quantitative estimate of drug-likeness (QED) is 0.0893. The van der Waals surface area contributed by atoms with Gasteiger partial charge in [-0.3, -0.25) is 0 Å². The van der Waals surface area contributed by atoms with Crippen molar-refractivity contribution < 1.29 is 26.0 Å². The van der Waals surface area contributed by atoms with Gasteiger partial charge in [0.25, 0.3) is 0 Å². The zero-order chi connectivity index (χ0) is 59.5. The van der Waals surface area contributed by atoms with Crippen LogP contribution in [0, 0.1) is 17.5 Å². The molecule has 19 heteroatoms. The van der Waals surface area contributed by atoms with Crippen LogP contribution in [0.25, 0.3) is 42.0 Å². The third-order valence-electron chi connectivity index (χ3n) is 12.7. The van der Waals surface area contributed by atoms with Crippen LogP contribution < -0.4 is 36.6 Å². The standard InChI is InChI=1S/2C18H15P.C15H10ClN3S.C9H9BO2S.C6H3ClIN3.2ClH.Pd/c2*1-4-10-16(11-5-1)19(17-12-6-2-7-13-17)18-14-8-3-9-15-18;1-9-3-2-4-10-7-12(20-15(9)10)11-8-17-14-6-5-13(16)18-19(11)14;1-6-3-2-4-7-5-8(10(11)12)13-9(6)7;7-4-1-2-6-9-3-5(8)11(6)10-4;;;/h2*1-15H;2-8H,1H3;2-5,11-12H,1H3;1-3H;2*1H;/q;;;;;;;+2/p-2. The summed E-state index contributed by atoms with van der Waals surface area (Å²) in [6.07, 6.45) is 3.60. The van der Waals surface area contributed by atoms with E-state index >= 15 is 0 Å². The van der Waals surface area contributed by atoms with Gasteiger partial charge in [-0.05, 0) is 142 Å². The molecule has 6 heterocycles. The van der Waals surface area contributed by atoms with Crippen LogP contribution in [-0.2, 0) is 15.9 Å². The SMILES string of the molecule is Cc1cccc2cc(-c3cnc4ccc(Cl)nn34)sc12.Cc1cccc2cc(B(O)O)sc12.Clc1ccc2ncc(I)n2n1.[Cl][Pd][Cl].c1ccc(P(c2ccccc2)c2ccccc2)cc1.c1ccc(P(c2ccccc2)c2ccccc2)cc1. The van der Waals surface area contributed by atoms with Crippen molar-refractivity contribution in [2.75, 3.05) is 0 Å². The minimum atomic E-state index is -1.35. The molecule has 0 radical (unpaired) electrons. The van der Waals surface area contributed by atoms with E-state index in [4.69, 9.17) is 52.3 Å². The number of benzene rings is 8. The number of imidazole rings is 2. The van der Waals surface area contributed by atoms with Crippen LogP contribution in [-0.4, -0.2) is 46.4 Å². The maximum atomic E-state index is 8.98. The van der Waals surface area contributed by atoms with Crippen LogP contribution in [0.2, 0.25) is 10.3 Å². The van der Waals surface area contributed by atoms with E-state index in [0.717, 1.165) is 35.7 Å². The number of rotatable bonds is 8. The van der Waals surface area contributed by atoms with Gasteiger partial charge in [0, 0.05) is 14.2 Å². The van der Waals surface area contributed by atoms with Crippen molar-refractivity contribution in [3.8, 4) is 10.6 Å². The summed E-state index contributed by atoms with van der Waals surface area (Å²) in [5, 5.41) is 38.0. The van der Waals surface area contributed by atoms with Crippen LogP contribution in [0.1, 0.15) is 11.1 Å². The summed E-state index contributed by atoms with van der Waals surface area (Å²) in [4.78, 5) is 9.62. The van der Waals surface area contributed by atoms with Crippen molar-refractivity contribution in [2.45, 2.75) is 13.8 Å². The molecule has 428 valence electrons. The van der Waals surface area contributed by atoms with Crippen molar-refractivity contribution >= 4 is 179 Å². The van der Waals surface area contributed by atoms with Gasteiger partial charge < -0.3 is 10.0 Å². The summed E-state index contributed by atoms with van der Waals surface area (Å²) in [5.74, 6) is 0. The Morgan fingerprint density at radius 2 is 0.800 bits per heavy atom. The van der Waals surface area contributed by atoms with Crippen LogP contribution in [0.4, 0.5) is 0 Å². The number of aryl methyl sites for hydroxylation is 2. The molecule has 6 aromatic heterocycles. The van der Waals surface area contributed by atoms with Crippen LogP contribution >= 0.6 is 103 Å². The summed E-state index contributed by atoms with van der Waals surface area (Å²) in [6.45, 7) is 4.15. The molecule has 0 amide bonds. The second-order valence-corrected chi connectivity index (χ2v) is 29.2. The molecule has 0 fully saturated rings. The molecule has 0 atom stereocenters. The van der Waals surface area contributed by atoms with E-state index in [1.807, 2.05) is 49.5 Å². The molecule has 0 spiro atoms. The van der Waals surface area contributed by atoms with Crippen molar-refractivity contribution in [1.82, 2.24) is 29.2 Å². The molecule has 8 nitrogen and oxygen atoms in total. The predicted molar refractivity (Wildman–Crippen MR) is 373 cm³/mol. The number of nitrogens with zero attached hydrogens (tertiary/aromatic N) is 6. The summed E-state index contributed by atoms with van der Waals surface area (Å²) in [7, 11) is 7.39. The normalized spacial score (nSPS) is 10.7. The van der Waals surface area contributed by atoms with Crippen molar-refractivity contribution in [2.24, 2.45) is 0 Å². The molecule has 2 N–H and O–H groups in total. The van der Waals surface area contributed by atoms with Gasteiger partial charge in [0.2, 0.25) is 0 Å². The monoisotopic (exact) mass is 1470 g/mol. The van der Waals surface area contributed by atoms with Crippen LogP contribution in [0.5, 0.6) is 0 Å². The zero-order valence-corrected chi connectivity index (χ0v) is 55.6. The number of hydrogen-bond donors (Lipinski definition) is 2. The molecule has 0 bridgehead atoms. The smallest absolute Gasteiger partial charge is 0.0134 e. The van der Waals surface area contributed by atoms with Crippen LogP contribution in [0.3, 0.4) is 0 Å². The number of halogens is 5. The zero-order valence-electron chi connectivity index (χ0n) is 45.5. The summed E-state index contributed by atoms with van der Waals surface area (Å²) < 4.78 is 7.49. The first-order chi connectivity index (χ1) is 41.5. The van der Waals surface area contributed by atoms with Crippen molar-refractivity contribution in [3.05, 3.63) is 292 Å². The Hall–Kier alpha value is -5.68. The fraction of sp³-hybridized carbons (Fsp3) is 0.0303. The number of hydrogen-bond acceptors (Lipinski definition) is 8. The molecule has 85 heavy (non-hydrogen) atoms. The van der Waals surface area contributed by atoms with Gasteiger partial charge in [-0.1, -0.05) is 242 Å². The molecule has 0 aliphatic rings. The summed E-state index contributed by atoms with van der Waals surface area (Å²) in [5.41, 5.74) is 5.06. The molecular weight excluding hydrogens is 1420 g/mol. The first kappa shape index (κ1) is 63.8. The fourth-order valence-electron chi connectivity index (χ4n) is 8.89. The van der Waals surface area contributed by atoms with E-state index in [1.54, 1.807) is 38.7 Å². The Morgan fingerprint density at radius 1 is 0.447 bits per heavy atom. The third kappa shape index (κ3) is 17.3. The molecule has 14 aromatic rings. The van der Waals surface area contributed by atoms with Crippen molar-refractivity contribution in [1.29, 1.82) is 0 Å². The first-order valence-corrected chi connectivity index (χ1v) is 36.4.